The summed E-state index contributed by atoms with van der Waals surface area (Å²) in [5.41, 5.74) is 3.22. The molecular weight excluding hydrogens is 398 g/mol. The molecule has 29 heavy (non-hydrogen) atoms. The van der Waals surface area contributed by atoms with Gasteiger partial charge < -0.3 is 19.5 Å². The summed E-state index contributed by atoms with van der Waals surface area (Å²) in [5.74, 6) is 0.932. The quantitative estimate of drug-likeness (QED) is 0.480. The molecule has 0 atom stereocenters. The third-order valence-electron chi connectivity index (χ3n) is 3.65. The molecule has 2 N–H and O–H groups in total. The van der Waals surface area contributed by atoms with E-state index in [0.717, 1.165) is 0 Å². The summed E-state index contributed by atoms with van der Waals surface area (Å²) in [6.45, 7) is 1.41. The number of halogens is 1. The summed E-state index contributed by atoms with van der Waals surface area (Å²) in [7, 11) is 3.06. The molecule has 2 rings (SSSR count). The Morgan fingerprint density at radius 3 is 2.34 bits per heavy atom. The number of carbonyl (C=O) groups excluding carboxylic acids is 2. The number of benzene rings is 2. The van der Waals surface area contributed by atoms with Crippen LogP contribution in [-0.2, 0) is 9.59 Å². The van der Waals surface area contributed by atoms with Crippen molar-refractivity contribution < 1.29 is 23.8 Å². The van der Waals surface area contributed by atoms with Crippen molar-refractivity contribution in [2.45, 2.75) is 13.3 Å². The Labute approximate surface area is 173 Å². The number of anilines is 1. The number of ether oxygens (including phenoxy) is 3. The number of methoxy groups -OCH3 is 2. The Hall–Kier alpha value is -3.26. The van der Waals surface area contributed by atoms with Crippen LogP contribution in [0.1, 0.15) is 13.3 Å². The van der Waals surface area contributed by atoms with Gasteiger partial charge in [-0.15, -0.1) is 0 Å². The first-order valence-electron chi connectivity index (χ1n) is 8.63. The van der Waals surface area contributed by atoms with Crippen LogP contribution < -0.4 is 25.0 Å². The number of nitrogens with one attached hydrogen (secondary N) is 2. The van der Waals surface area contributed by atoms with Crippen molar-refractivity contribution in [2.75, 3.05) is 26.1 Å². The second kappa shape index (κ2) is 10.9. The second-order valence-electron chi connectivity index (χ2n) is 5.92. The molecule has 0 saturated carbocycles. The van der Waals surface area contributed by atoms with Crippen molar-refractivity contribution in [3.05, 3.63) is 47.5 Å². The highest BCUT2D eigenvalue weighted by Gasteiger charge is 2.10. The Balaban J connectivity index is 1.80. The second-order valence-corrected chi connectivity index (χ2v) is 6.35. The van der Waals surface area contributed by atoms with Gasteiger partial charge in [0.2, 0.25) is 5.91 Å². The number of hydrogen-bond donors (Lipinski definition) is 2. The van der Waals surface area contributed by atoms with Crippen LogP contribution >= 0.6 is 11.6 Å². The fraction of sp³-hybridized carbons (Fsp3) is 0.250. The van der Waals surface area contributed by atoms with Gasteiger partial charge in [-0.25, -0.2) is 5.43 Å². The van der Waals surface area contributed by atoms with Crippen LogP contribution in [0.5, 0.6) is 17.2 Å². The molecule has 154 valence electrons. The number of amides is 2. The molecule has 0 saturated heterocycles. The fourth-order valence-electron chi connectivity index (χ4n) is 2.26. The molecule has 0 aliphatic heterocycles. The highest BCUT2D eigenvalue weighted by molar-refractivity contribution is 6.31. The molecule has 2 amide bonds. The van der Waals surface area contributed by atoms with Gasteiger partial charge in [-0.2, -0.15) is 5.10 Å². The zero-order valence-electron chi connectivity index (χ0n) is 16.3. The van der Waals surface area contributed by atoms with Gasteiger partial charge in [-0.05, 0) is 49.4 Å². The molecule has 0 aliphatic rings. The standard InChI is InChI=1S/C20H22ClN3O5/c1-13(10-19(25)22-17-11-14(21)4-9-18(17)28-3)23-24-20(26)12-29-16-7-5-15(27-2)6-8-16/h4-9,11H,10,12H2,1-3H3,(H,22,25)(H,24,26). The van der Waals surface area contributed by atoms with E-state index in [2.05, 4.69) is 15.8 Å². The monoisotopic (exact) mass is 419 g/mol. The number of hydrazone groups is 1. The zero-order chi connectivity index (χ0) is 21.2. The smallest absolute Gasteiger partial charge is 0.277 e. The van der Waals surface area contributed by atoms with Gasteiger partial charge in [0.15, 0.2) is 6.61 Å². The molecule has 0 aromatic heterocycles. The van der Waals surface area contributed by atoms with Crippen molar-refractivity contribution in [1.82, 2.24) is 5.43 Å². The van der Waals surface area contributed by atoms with Crippen LogP contribution in [0.3, 0.4) is 0 Å². The number of hydrogen-bond acceptors (Lipinski definition) is 6. The number of nitrogens with zero attached hydrogens (tertiary/aromatic N) is 1. The summed E-state index contributed by atoms with van der Waals surface area (Å²) in [4.78, 5) is 24.0. The van der Waals surface area contributed by atoms with Gasteiger partial charge in [-0.3, -0.25) is 9.59 Å². The normalized spacial score (nSPS) is 10.8. The Kier molecular flexibility index (Phi) is 8.29. The molecule has 0 fully saturated rings. The first-order valence-corrected chi connectivity index (χ1v) is 9.01. The molecule has 8 nitrogen and oxygen atoms in total. The van der Waals surface area contributed by atoms with E-state index in [1.54, 1.807) is 56.5 Å². The summed E-state index contributed by atoms with van der Waals surface area (Å²) in [5, 5.41) is 7.07. The van der Waals surface area contributed by atoms with E-state index < -0.39 is 5.91 Å². The number of carbonyl (C=O) groups is 2. The van der Waals surface area contributed by atoms with Crippen molar-refractivity contribution in [1.29, 1.82) is 0 Å². The highest BCUT2D eigenvalue weighted by Crippen LogP contribution is 2.27. The SMILES string of the molecule is COc1ccc(OCC(=O)NN=C(C)CC(=O)Nc2cc(Cl)ccc2OC)cc1. The average Bonchev–Trinajstić information content (AvgIpc) is 2.71. The van der Waals surface area contributed by atoms with E-state index in [-0.39, 0.29) is 18.9 Å². The molecule has 0 radical (unpaired) electrons. The highest BCUT2D eigenvalue weighted by atomic mass is 35.5. The van der Waals surface area contributed by atoms with E-state index in [1.807, 2.05) is 0 Å². The summed E-state index contributed by atoms with van der Waals surface area (Å²) in [6.07, 6.45) is -0.0186. The van der Waals surface area contributed by atoms with Gasteiger partial charge >= 0.3 is 0 Å². The third-order valence-corrected chi connectivity index (χ3v) is 3.89. The van der Waals surface area contributed by atoms with Crippen LogP contribution in [-0.4, -0.2) is 38.4 Å². The lowest BCUT2D eigenvalue weighted by atomic mass is 10.2. The minimum absolute atomic E-state index is 0.0186. The fourth-order valence-corrected chi connectivity index (χ4v) is 2.43. The van der Waals surface area contributed by atoms with E-state index in [4.69, 9.17) is 25.8 Å². The maximum absolute atomic E-state index is 12.2. The third kappa shape index (κ3) is 7.34. The summed E-state index contributed by atoms with van der Waals surface area (Å²) in [6, 6.07) is 11.7. The molecule has 0 bridgehead atoms. The maximum atomic E-state index is 12.2. The first kappa shape index (κ1) is 22.0. The first-order chi connectivity index (χ1) is 13.9. The van der Waals surface area contributed by atoms with E-state index in [9.17, 15) is 9.59 Å². The maximum Gasteiger partial charge on any atom is 0.277 e. The summed E-state index contributed by atoms with van der Waals surface area (Å²) < 4.78 is 15.6. The molecule has 2 aromatic carbocycles. The minimum Gasteiger partial charge on any atom is -0.497 e. The lowest BCUT2D eigenvalue weighted by Crippen LogP contribution is -2.26. The lowest BCUT2D eigenvalue weighted by Gasteiger charge is -2.10. The van der Waals surface area contributed by atoms with Crippen LogP contribution in [0.15, 0.2) is 47.6 Å². The van der Waals surface area contributed by atoms with E-state index in [0.29, 0.717) is 33.7 Å². The van der Waals surface area contributed by atoms with Gasteiger partial charge in [0.05, 0.1) is 26.3 Å². The topological polar surface area (TPSA) is 98.3 Å². The lowest BCUT2D eigenvalue weighted by molar-refractivity contribution is -0.123. The van der Waals surface area contributed by atoms with Gasteiger partial charge in [0.25, 0.3) is 5.91 Å². The molecular formula is C20H22ClN3O5. The predicted molar refractivity (Wildman–Crippen MR) is 111 cm³/mol. The molecule has 0 unspecified atom stereocenters. The predicted octanol–water partition coefficient (Wildman–Crippen LogP) is 3.26. The molecule has 0 spiro atoms. The van der Waals surface area contributed by atoms with Gasteiger partial charge in [0.1, 0.15) is 17.2 Å². The minimum atomic E-state index is -0.447. The Bertz CT molecular complexity index is 884. The van der Waals surface area contributed by atoms with Crippen molar-refractivity contribution in [3.63, 3.8) is 0 Å². The van der Waals surface area contributed by atoms with Crippen LogP contribution in [0, 0.1) is 0 Å². The van der Waals surface area contributed by atoms with E-state index in [1.165, 1.54) is 7.11 Å². The average molecular weight is 420 g/mol. The molecule has 0 aliphatic carbocycles. The van der Waals surface area contributed by atoms with Crippen LogP contribution in [0.2, 0.25) is 5.02 Å². The van der Waals surface area contributed by atoms with Gasteiger partial charge in [0, 0.05) is 10.7 Å². The van der Waals surface area contributed by atoms with Crippen LogP contribution in [0.25, 0.3) is 0 Å². The van der Waals surface area contributed by atoms with Crippen LogP contribution in [0.4, 0.5) is 5.69 Å². The van der Waals surface area contributed by atoms with Crippen molar-refractivity contribution >= 4 is 34.8 Å². The number of rotatable bonds is 9. The van der Waals surface area contributed by atoms with Crippen molar-refractivity contribution in [2.24, 2.45) is 5.10 Å². The van der Waals surface area contributed by atoms with Gasteiger partial charge in [-0.1, -0.05) is 11.6 Å². The summed E-state index contributed by atoms with van der Waals surface area (Å²) >= 11 is 5.94. The Morgan fingerprint density at radius 2 is 1.69 bits per heavy atom. The van der Waals surface area contributed by atoms with Crippen molar-refractivity contribution in [3.8, 4) is 17.2 Å². The van der Waals surface area contributed by atoms with E-state index >= 15 is 0 Å². The molecule has 9 heteroatoms. The zero-order valence-corrected chi connectivity index (χ0v) is 17.1. The largest absolute Gasteiger partial charge is 0.497 e. The Morgan fingerprint density at radius 1 is 1.00 bits per heavy atom. The molecule has 0 heterocycles. The molecule has 2 aromatic rings.